The minimum Gasteiger partial charge on any atom is -0.322 e. The summed E-state index contributed by atoms with van der Waals surface area (Å²) in [6, 6.07) is 27.1. The van der Waals surface area contributed by atoms with E-state index in [4.69, 9.17) is 0 Å². The fourth-order valence-corrected chi connectivity index (χ4v) is 3.56. The van der Waals surface area contributed by atoms with Gasteiger partial charge in [0.15, 0.2) is 0 Å². The van der Waals surface area contributed by atoms with Crippen molar-refractivity contribution in [3.8, 4) is 0 Å². The van der Waals surface area contributed by atoms with Crippen LogP contribution >= 0.6 is 11.8 Å². The SMILES string of the molecule is O=C(Nc1ccccc1)c1cccc(CSc2n[nH]c(/C=C/c3ccccc3)n2)c1. The number of anilines is 1. The second kappa shape index (κ2) is 9.71. The predicted molar refractivity (Wildman–Crippen MR) is 122 cm³/mol. The number of para-hydroxylation sites is 1. The first-order valence-corrected chi connectivity index (χ1v) is 10.5. The molecule has 1 amide bonds. The first kappa shape index (κ1) is 19.7. The highest BCUT2D eigenvalue weighted by Gasteiger charge is 2.08. The monoisotopic (exact) mass is 412 g/mol. The van der Waals surface area contributed by atoms with Crippen LogP contribution in [0.1, 0.15) is 27.3 Å². The average molecular weight is 413 g/mol. The highest BCUT2D eigenvalue weighted by molar-refractivity contribution is 7.98. The molecule has 3 aromatic carbocycles. The number of aromatic nitrogens is 3. The van der Waals surface area contributed by atoms with Gasteiger partial charge in [-0.25, -0.2) is 4.98 Å². The molecule has 1 aromatic heterocycles. The van der Waals surface area contributed by atoms with Crippen molar-refractivity contribution in [2.45, 2.75) is 10.9 Å². The van der Waals surface area contributed by atoms with E-state index in [-0.39, 0.29) is 5.91 Å². The molecule has 148 valence electrons. The van der Waals surface area contributed by atoms with Crippen LogP contribution in [-0.4, -0.2) is 21.1 Å². The Labute approximate surface area is 179 Å². The molecule has 2 N–H and O–H groups in total. The van der Waals surface area contributed by atoms with Gasteiger partial charge in [-0.3, -0.25) is 9.89 Å². The third kappa shape index (κ3) is 5.46. The summed E-state index contributed by atoms with van der Waals surface area (Å²) in [5, 5.41) is 10.8. The van der Waals surface area contributed by atoms with Crippen molar-refractivity contribution in [1.82, 2.24) is 15.2 Å². The third-order valence-corrected chi connectivity index (χ3v) is 5.22. The largest absolute Gasteiger partial charge is 0.322 e. The molecule has 4 aromatic rings. The Morgan fingerprint density at radius 3 is 2.50 bits per heavy atom. The summed E-state index contributed by atoms with van der Waals surface area (Å²) >= 11 is 1.52. The van der Waals surface area contributed by atoms with Gasteiger partial charge in [-0.15, -0.1) is 5.10 Å². The standard InChI is InChI=1S/C24H20N4OS/c29-23(25-21-12-5-2-6-13-21)20-11-7-10-19(16-20)17-30-24-26-22(27-28-24)15-14-18-8-3-1-4-9-18/h1-16H,17H2,(H,25,29)(H,26,27,28)/b15-14+. The number of nitrogens with one attached hydrogen (secondary N) is 2. The van der Waals surface area contributed by atoms with Gasteiger partial charge in [0, 0.05) is 17.0 Å². The average Bonchev–Trinajstić information content (AvgIpc) is 3.26. The van der Waals surface area contributed by atoms with E-state index < -0.39 is 0 Å². The Morgan fingerprint density at radius 1 is 0.933 bits per heavy atom. The van der Waals surface area contributed by atoms with E-state index in [0.29, 0.717) is 22.3 Å². The van der Waals surface area contributed by atoms with Crippen molar-refractivity contribution in [3.05, 3.63) is 107 Å². The Morgan fingerprint density at radius 2 is 1.70 bits per heavy atom. The molecular formula is C24H20N4OS. The molecule has 0 spiro atoms. The number of benzene rings is 3. The molecule has 0 saturated carbocycles. The van der Waals surface area contributed by atoms with Crippen LogP contribution in [0, 0.1) is 0 Å². The Balaban J connectivity index is 1.35. The van der Waals surface area contributed by atoms with E-state index in [1.807, 2.05) is 97.1 Å². The number of carbonyl (C=O) groups excluding carboxylic acids is 1. The molecule has 0 radical (unpaired) electrons. The van der Waals surface area contributed by atoms with Gasteiger partial charge < -0.3 is 5.32 Å². The van der Waals surface area contributed by atoms with Crippen LogP contribution in [0.5, 0.6) is 0 Å². The normalized spacial score (nSPS) is 10.9. The Hall–Kier alpha value is -3.64. The summed E-state index contributed by atoms with van der Waals surface area (Å²) in [6.45, 7) is 0. The number of amides is 1. The molecule has 4 rings (SSSR count). The first-order chi connectivity index (χ1) is 14.8. The maximum absolute atomic E-state index is 12.5. The summed E-state index contributed by atoms with van der Waals surface area (Å²) in [7, 11) is 0. The lowest BCUT2D eigenvalue weighted by atomic mass is 10.1. The van der Waals surface area contributed by atoms with Gasteiger partial charge in [0.1, 0.15) is 5.82 Å². The quantitative estimate of drug-likeness (QED) is 0.392. The second-order valence-corrected chi connectivity index (χ2v) is 7.50. The minimum absolute atomic E-state index is 0.126. The highest BCUT2D eigenvalue weighted by atomic mass is 32.2. The molecule has 0 aliphatic heterocycles. The number of rotatable bonds is 7. The van der Waals surface area contributed by atoms with Gasteiger partial charge in [0.05, 0.1) is 0 Å². The number of H-pyrrole nitrogens is 1. The molecule has 6 heteroatoms. The fourth-order valence-electron chi connectivity index (χ4n) is 2.81. The molecule has 0 saturated heterocycles. The fraction of sp³-hybridized carbons (Fsp3) is 0.0417. The minimum atomic E-state index is -0.126. The second-order valence-electron chi connectivity index (χ2n) is 6.56. The smallest absolute Gasteiger partial charge is 0.255 e. The molecule has 5 nitrogen and oxygen atoms in total. The van der Waals surface area contributed by atoms with E-state index in [1.54, 1.807) is 0 Å². The molecule has 30 heavy (non-hydrogen) atoms. The molecule has 0 aliphatic rings. The number of carbonyl (C=O) groups is 1. The summed E-state index contributed by atoms with van der Waals surface area (Å²) in [5.41, 5.74) is 3.54. The lowest BCUT2D eigenvalue weighted by molar-refractivity contribution is 0.102. The van der Waals surface area contributed by atoms with E-state index in [9.17, 15) is 4.79 Å². The lowest BCUT2D eigenvalue weighted by Crippen LogP contribution is -2.11. The summed E-state index contributed by atoms with van der Waals surface area (Å²) in [6.07, 6.45) is 3.89. The van der Waals surface area contributed by atoms with Crippen LogP contribution in [0.15, 0.2) is 90.1 Å². The van der Waals surface area contributed by atoms with Gasteiger partial charge in [-0.1, -0.05) is 78.5 Å². The maximum Gasteiger partial charge on any atom is 0.255 e. The van der Waals surface area contributed by atoms with Crippen LogP contribution in [0.2, 0.25) is 0 Å². The zero-order valence-corrected chi connectivity index (χ0v) is 17.0. The lowest BCUT2D eigenvalue weighted by Gasteiger charge is -2.06. The van der Waals surface area contributed by atoms with Crippen molar-refractivity contribution < 1.29 is 4.79 Å². The number of aromatic amines is 1. The highest BCUT2D eigenvalue weighted by Crippen LogP contribution is 2.20. The zero-order chi connectivity index (χ0) is 20.6. The van der Waals surface area contributed by atoms with Crippen LogP contribution in [0.25, 0.3) is 12.2 Å². The number of thioether (sulfide) groups is 1. The van der Waals surface area contributed by atoms with E-state index in [0.717, 1.165) is 16.8 Å². The van der Waals surface area contributed by atoms with Gasteiger partial charge >= 0.3 is 0 Å². The molecule has 0 fully saturated rings. The molecular weight excluding hydrogens is 392 g/mol. The van der Waals surface area contributed by atoms with E-state index in [1.165, 1.54) is 11.8 Å². The van der Waals surface area contributed by atoms with E-state index in [2.05, 4.69) is 20.5 Å². The Bertz CT molecular complexity index is 1140. The molecule has 0 unspecified atom stereocenters. The number of hydrogen-bond acceptors (Lipinski definition) is 4. The number of hydrogen-bond donors (Lipinski definition) is 2. The van der Waals surface area contributed by atoms with Gasteiger partial charge in [0.25, 0.3) is 5.91 Å². The van der Waals surface area contributed by atoms with Crippen LogP contribution in [0.3, 0.4) is 0 Å². The van der Waals surface area contributed by atoms with Gasteiger partial charge in [-0.05, 0) is 41.5 Å². The van der Waals surface area contributed by atoms with Crippen molar-refractivity contribution in [2.75, 3.05) is 5.32 Å². The summed E-state index contributed by atoms with van der Waals surface area (Å²) < 4.78 is 0. The summed E-state index contributed by atoms with van der Waals surface area (Å²) in [5.74, 6) is 1.25. The van der Waals surface area contributed by atoms with Gasteiger partial charge in [-0.2, -0.15) is 0 Å². The van der Waals surface area contributed by atoms with Crippen LogP contribution in [0.4, 0.5) is 5.69 Å². The molecule has 1 heterocycles. The van der Waals surface area contributed by atoms with Crippen molar-refractivity contribution in [3.63, 3.8) is 0 Å². The molecule has 0 aliphatic carbocycles. The van der Waals surface area contributed by atoms with Crippen LogP contribution < -0.4 is 5.32 Å². The van der Waals surface area contributed by atoms with Crippen molar-refractivity contribution in [2.24, 2.45) is 0 Å². The van der Waals surface area contributed by atoms with Crippen molar-refractivity contribution in [1.29, 1.82) is 0 Å². The zero-order valence-electron chi connectivity index (χ0n) is 16.2. The maximum atomic E-state index is 12.5. The van der Waals surface area contributed by atoms with Gasteiger partial charge in [0.2, 0.25) is 5.16 Å². The third-order valence-electron chi connectivity index (χ3n) is 4.30. The topological polar surface area (TPSA) is 70.7 Å². The molecule has 0 bridgehead atoms. The molecule has 0 atom stereocenters. The van der Waals surface area contributed by atoms with E-state index >= 15 is 0 Å². The summed E-state index contributed by atoms with van der Waals surface area (Å²) in [4.78, 5) is 17.0. The van der Waals surface area contributed by atoms with Crippen LogP contribution in [-0.2, 0) is 5.75 Å². The number of nitrogens with zero attached hydrogens (tertiary/aromatic N) is 2. The van der Waals surface area contributed by atoms with Crippen molar-refractivity contribution >= 4 is 35.5 Å². The first-order valence-electron chi connectivity index (χ1n) is 9.50. The Kier molecular flexibility index (Phi) is 6.37. The predicted octanol–water partition coefficient (Wildman–Crippen LogP) is 5.52.